The van der Waals surface area contributed by atoms with Gasteiger partial charge in [0, 0.05) is 13.2 Å². The maximum atomic E-state index is 5.32. The molecule has 116 valence electrons. The fourth-order valence-corrected chi connectivity index (χ4v) is 0.817. The number of nitrogens with one attached hydrogen (secondary N) is 1. The van der Waals surface area contributed by atoms with Crippen LogP contribution < -0.4 is 5.32 Å². The summed E-state index contributed by atoms with van der Waals surface area (Å²) in [5.41, 5.74) is 0. The summed E-state index contributed by atoms with van der Waals surface area (Å²) in [5.74, 6) is 0. The zero-order chi connectivity index (χ0) is 15.1. The first-order chi connectivity index (χ1) is 8.91. The maximum absolute atomic E-state index is 5.32. The minimum Gasteiger partial charge on any atom is -0.379 e. The van der Waals surface area contributed by atoms with Crippen LogP contribution in [0.1, 0.15) is 61.3 Å². The first-order valence-corrected chi connectivity index (χ1v) is 7.72. The molecule has 0 saturated heterocycles. The van der Waals surface area contributed by atoms with Gasteiger partial charge >= 0.3 is 0 Å². The molecule has 0 fully saturated rings. The van der Waals surface area contributed by atoms with Gasteiger partial charge in [0.15, 0.2) is 0 Å². The summed E-state index contributed by atoms with van der Waals surface area (Å²) in [7, 11) is 1.95. The molecule has 0 aromatic heterocycles. The minimum atomic E-state index is 0.726. The van der Waals surface area contributed by atoms with Crippen molar-refractivity contribution in [2.75, 3.05) is 40.0 Å². The average Bonchev–Trinajstić information content (AvgIpc) is 2.48. The Morgan fingerprint density at radius 2 is 1.17 bits per heavy atom. The third-order valence-corrected chi connectivity index (χ3v) is 1.44. The second-order valence-electron chi connectivity index (χ2n) is 2.68. The fourth-order valence-electron chi connectivity index (χ4n) is 0.817. The first kappa shape index (κ1) is 26.4. The van der Waals surface area contributed by atoms with E-state index >= 15 is 0 Å². The molecule has 0 aliphatic rings. The van der Waals surface area contributed by atoms with Crippen molar-refractivity contribution in [1.82, 2.24) is 5.32 Å². The van der Waals surface area contributed by atoms with Crippen molar-refractivity contribution in [2.24, 2.45) is 0 Å². The molecule has 0 aromatic carbocycles. The monoisotopic (exact) mass is 265 g/mol. The van der Waals surface area contributed by atoms with E-state index in [1.54, 1.807) is 0 Å². The molecule has 0 saturated carbocycles. The maximum Gasteiger partial charge on any atom is 0.0700 e. The van der Waals surface area contributed by atoms with Gasteiger partial charge in [0.25, 0.3) is 0 Å². The van der Waals surface area contributed by atoms with E-state index in [-0.39, 0.29) is 0 Å². The van der Waals surface area contributed by atoms with E-state index in [9.17, 15) is 0 Å². The summed E-state index contributed by atoms with van der Waals surface area (Å²) in [5, 5.41) is 3.07. The predicted octanol–water partition coefficient (Wildman–Crippen LogP) is 4.12. The van der Waals surface area contributed by atoms with Crippen LogP contribution in [0.5, 0.6) is 0 Å². The van der Waals surface area contributed by atoms with Crippen LogP contribution in [0.2, 0.25) is 0 Å². The average molecular weight is 265 g/mol. The van der Waals surface area contributed by atoms with Gasteiger partial charge in [-0.2, -0.15) is 0 Å². The highest BCUT2D eigenvalue weighted by molar-refractivity contribution is 4.39. The van der Waals surface area contributed by atoms with Gasteiger partial charge in [0.1, 0.15) is 0 Å². The highest BCUT2D eigenvalue weighted by Crippen LogP contribution is 1.83. The Hall–Kier alpha value is -0.120. The topological polar surface area (TPSA) is 30.5 Å². The SMILES string of the molecule is CC.CC.CC.CCCOCCOCCCNC. The van der Waals surface area contributed by atoms with E-state index in [4.69, 9.17) is 9.47 Å². The van der Waals surface area contributed by atoms with Gasteiger partial charge in [-0.15, -0.1) is 0 Å². The zero-order valence-corrected chi connectivity index (χ0v) is 14.3. The van der Waals surface area contributed by atoms with E-state index in [0.717, 1.165) is 45.8 Å². The van der Waals surface area contributed by atoms with E-state index in [1.165, 1.54) is 0 Å². The molecule has 0 unspecified atom stereocenters. The van der Waals surface area contributed by atoms with Gasteiger partial charge in [-0.1, -0.05) is 48.5 Å². The molecule has 1 N–H and O–H groups in total. The second-order valence-corrected chi connectivity index (χ2v) is 2.68. The molecule has 0 aliphatic heterocycles. The van der Waals surface area contributed by atoms with Gasteiger partial charge in [0.05, 0.1) is 13.2 Å². The van der Waals surface area contributed by atoms with Crippen LogP contribution in [0.15, 0.2) is 0 Å². The van der Waals surface area contributed by atoms with Crippen molar-refractivity contribution in [3.63, 3.8) is 0 Å². The van der Waals surface area contributed by atoms with Crippen LogP contribution >= 0.6 is 0 Å². The standard InChI is InChI=1S/C9H21NO2.3C2H6/c1-3-6-11-8-9-12-7-4-5-10-2;3*1-2/h10H,3-9H2,1-2H3;3*1-2H3. The molecule has 0 radical (unpaired) electrons. The normalized spacial score (nSPS) is 8.00. The van der Waals surface area contributed by atoms with Gasteiger partial charge in [-0.05, 0) is 26.4 Å². The van der Waals surface area contributed by atoms with Crippen molar-refractivity contribution in [1.29, 1.82) is 0 Å². The van der Waals surface area contributed by atoms with E-state index < -0.39 is 0 Å². The molecule has 3 heteroatoms. The molecule has 0 aliphatic carbocycles. The summed E-state index contributed by atoms with van der Waals surface area (Å²) in [4.78, 5) is 0. The van der Waals surface area contributed by atoms with Gasteiger partial charge < -0.3 is 14.8 Å². The van der Waals surface area contributed by atoms with Crippen LogP contribution in [-0.2, 0) is 9.47 Å². The van der Waals surface area contributed by atoms with E-state index in [2.05, 4.69) is 12.2 Å². The Morgan fingerprint density at radius 1 is 0.722 bits per heavy atom. The van der Waals surface area contributed by atoms with Crippen LogP contribution in [-0.4, -0.2) is 40.0 Å². The van der Waals surface area contributed by atoms with E-state index in [1.807, 2.05) is 48.6 Å². The lowest BCUT2D eigenvalue weighted by atomic mass is 10.4. The molecule has 18 heavy (non-hydrogen) atoms. The lowest BCUT2D eigenvalue weighted by Gasteiger charge is -2.04. The molecule has 0 atom stereocenters. The van der Waals surface area contributed by atoms with Gasteiger partial charge in [-0.25, -0.2) is 0 Å². The summed E-state index contributed by atoms with van der Waals surface area (Å²) < 4.78 is 10.6. The zero-order valence-electron chi connectivity index (χ0n) is 14.3. The van der Waals surface area contributed by atoms with Crippen LogP contribution in [0, 0.1) is 0 Å². The molecule has 0 bridgehead atoms. The van der Waals surface area contributed by atoms with Gasteiger partial charge in [-0.3, -0.25) is 0 Å². The lowest BCUT2D eigenvalue weighted by molar-refractivity contribution is 0.0473. The van der Waals surface area contributed by atoms with E-state index in [0.29, 0.717) is 0 Å². The molecular weight excluding hydrogens is 226 g/mol. The smallest absolute Gasteiger partial charge is 0.0700 e. The molecule has 0 spiro atoms. The molecule has 0 heterocycles. The molecular formula is C15H39NO2. The molecule has 0 amide bonds. The Balaban J connectivity index is -0.000000141. The third-order valence-electron chi connectivity index (χ3n) is 1.44. The largest absolute Gasteiger partial charge is 0.379 e. The number of ether oxygens (including phenoxy) is 2. The summed E-state index contributed by atoms with van der Waals surface area (Å²) in [6.45, 7) is 18.3. The Labute approximate surface area is 117 Å². The lowest BCUT2D eigenvalue weighted by Crippen LogP contribution is -2.12. The van der Waals surface area contributed by atoms with Crippen molar-refractivity contribution in [2.45, 2.75) is 61.3 Å². The Morgan fingerprint density at radius 3 is 1.56 bits per heavy atom. The molecule has 3 nitrogen and oxygen atoms in total. The van der Waals surface area contributed by atoms with Crippen LogP contribution in [0.25, 0.3) is 0 Å². The van der Waals surface area contributed by atoms with Crippen molar-refractivity contribution < 1.29 is 9.47 Å². The number of rotatable bonds is 9. The highest BCUT2D eigenvalue weighted by Gasteiger charge is 1.88. The molecule has 0 rings (SSSR count). The van der Waals surface area contributed by atoms with Crippen LogP contribution in [0.3, 0.4) is 0 Å². The first-order valence-electron chi connectivity index (χ1n) is 7.72. The minimum absolute atomic E-state index is 0.726. The second kappa shape index (κ2) is 43.6. The van der Waals surface area contributed by atoms with Crippen molar-refractivity contribution >= 4 is 0 Å². The quantitative estimate of drug-likeness (QED) is 0.636. The Kier molecular flexibility index (Phi) is 64.1. The molecule has 0 aromatic rings. The summed E-state index contributed by atoms with van der Waals surface area (Å²) in [6.07, 6.45) is 2.16. The Bertz CT molecular complexity index is 70.9. The van der Waals surface area contributed by atoms with Crippen molar-refractivity contribution in [3.05, 3.63) is 0 Å². The third kappa shape index (κ3) is 44.6. The highest BCUT2D eigenvalue weighted by atomic mass is 16.5. The number of hydrogen-bond acceptors (Lipinski definition) is 3. The predicted molar refractivity (Wildman–Crippen MR) is 84.5 cm³/mol. The van der Waals surface area contributed by atoms with Gasteiger partial charge in [0.2, 0.25) is 0 Å². The number of hydrogen-bond donors (Lipinski definition) is 1. The summed E-state index contributed by atoms with van der Waals surface area (Å²) in [6, 6.07) is 0. The van der Waals surface area contributed by atoms with Crippen LogP contribution in [0.4, 0.5) is 0 Å². The summed E-state index contributed by atoms with van der Waals surface area (Å²) >= 11 is 0. The fraction of sp³-hybridized carbons (Fsp3) is 1.00. The van der Waals surface area contributed by atoms with Crippen molar-refractivity contribution in [3.8, 4) is 0 Å².